The number of fused-ring (bicyclic) bond motifs is 1. The molecule has 2 amide bonds. The Hall–Kier alpha value is -2.87. The normalized spacial score (nSPS) is 15.5. The first-order valence-corrected chi connectivity index (χ1v) is 13.6. The second kappa shape index (κ2) is 10.4. The van der Waals surface area contributed by atoms with Crippen molar-refractivity contribution >= 4 is 33.0 Å². The molecule has 0 unspecified atom stereocenters. The lowest BCUT2D eigenvalue weighted by atomic mass is 9.92. The Morgan fingerprint density at radius 2 is 1.74 bits per heavy atom. The molecule has 0 spiro atoms. The molecule has 0 atom stereocenters. The van der Waals surface area contributed by atoms with Crippen molar-refractivity contribution in [2.24, 2.45) is 11.3 Å². The van der Waals surface area contributed by atoms with Crippen LogP contribution in [0.1, 0.15) is 53.5 Å². The summed E-state index contributed by atoms with van der Waals surface area (Å²) in [5, 5.41) is 2.38. The van der Waals surface area contributed by atoms with Gasteiger partial charge in [-0.2, -0.15) is 0 Å². The van der Waals surface area contributed by atoms with Gasteiger partial charge in [-0.3, -0.25) is 9.59 Å². The maximum atomic E-state index is 13.2. The summed E-state index contributed by atoms with van der Waals surface area (Å²) >= 11 is 0. The fourth-order valence-electron chi connectivity index (χ4n) is 3.79. The molecule has 0 aliphatic carbocycles. The van der Waals surface area contributed by atoms with Gasteiger partial charge in [0, 0.05) is 18.3 Å². The molecule has 2 aromatic carbocycles. The summed E-state index contributed by atoms with van der Waals surface area (Å²) in [7, 11) is -3.35. The lowest BCUT2D eigenvalue weighted by Gasteiger charge is -2.28. The van der Waals surface area contributed by atoms with Gasteiger partial charge in [0.15, 0.2) is 9.84 Å². The Kier molecular flexibility index (Phi) is 7.94. The van der Waals surface area contributed by atoms with Crippen molar-refractivity contribution < 1.29 is 22.7 Å². The third-order valence-electron chi connectivity index (χ3n) is 6.11. The van der Waals surface area contributed by atoms with Crippen LogP contribution >= 0.6 is 0 Å². The predicted octanol–water partition coefficient (Wildman–Crippen LogP) is 4.85. The second-order valence-corrected chi connectivity index (χ2v) is 13.0. The molecule has 190 valence electrons. The van der Waals surface area contributed by atoms with E-state index in [-0.39, 0.29) is 29.7 Å². The summed E-state index contributed by atoms with van der Waals surface area (Å²) in [5.74, 6) is 0.813. The molecule has 7 nitrogen and oxygen atoms in total. The fourth-order valence-corrected chi connectivity index (χ4v) is 4.85. The largest absolute Gasteiger partial charge is 0.490 e. The van der Waals surface area contributed by atoms with Crippen LogP contribution in [0.15, 0.2) is 47.4 Å². The zero-order valence-corrected chi connectivity index (χ0v) is 22.2. The monoisotopic (exact) mass is 500 g/mol. The number of ether oxygens (including phenoxy) is 1. The average Bonchev–Trinajstić information content (AvgIpc) is 2.87. The van der Waals surface area contributed by atoms with Gasteiger partial charge in [0.1, 0.15) is 12.4 Å². The summed E-state index contributed by atoms with van der Waals surface area (Å²) in [5.41, 5.74) is 1.34. The number of sulfone groups is 1. The van der Waals surface area contributed by atoms with E-state index in [1.165, 1.54) is 0 Å². The van der Waals surface area contributed by atoms with Crippen LogP contribution in [0.25, 0.3) is 0 Å². The number of nitrogens with one attached hydrogen (secondary N) is 1. The molecular weight excluding hydrogens is 464 g/mol. The molecule has 0 saturated heterocycles. The fraction of sp³-hybridized carbons (Fsp3) is 0.481. The Bertz CT molecular complexity index is 1180. The number of carbonyl (C=O) groups excluding carboxylic acids is 2. The van der Waals surface area contributed by atoms with Crippen molar-refractivity contribution in [2.75, 3.05) is 23.4 Å². The number of rotatable bonds is 8. The molecular formula is C27H36N2O5S. The van der Waals surface area contributed by atoms with Crippen molar-refractivity contribution in [1.82, 2.24) is 0 Å². The number of anilines is 2. The Labute approximate surface area is 208 Å². The van der Waals surface area contributed by atoms with E-state index >= 15 is 0 Å². The molecule has 0 radical (unpaired) electrons. The van der Waals surface area contributed by atoms with Crippen molar-refractivity contribution in [2.45, 2.75) is 64.5 Å². The number of benzene rings is 2. The Balaban J connectivity index is 1.75. The van der Waals surface area contributed by atoms with Gasteiger partial charge in [0.25, 0.3) is 0 Å². The van der Waals surface area contributed by atoms with E-state index in [9.17, 15) is 18.0 Å². The van der Waals surface area contributed by atoms with Crippen molar-refractivity contribution in [3.63, 3.8) is 0 Å². The highest BCUT2D eigenvalue weighted by atomic mass is 32.2. The van der Waals surface area contributed by atoms with Gasteiger partial charge in [-0.05, 0) is 69.9 Å². The Morgan fingerprint density at radius 1 is 1.09 bits per heavy atom. The summed E-state index contributed by atoms with van der Waals surface area (Å²) < 4.78 is 30.6. The zero-order valence-electron chi connectivity index (χ0n) is 21.4. The maximum Gasteiger partial charge on any atom is 0.236 e. The number of nitrogens with zero attached hydrogens (tertiary/aromatic N) is 1. The molecule has 0 fully saturated rings. The minimum atomic E-state index is -3.35. The van der Waals surface area contributed by atoms with Crippen LogP contribution in [-0.4, -0.2) is 38.6 Å². The van der Waals surface area contributed by atoms with E-state index in [1.54, 1.807) is 55.1 Å². The van der Waals surface area contributed by atoms with Gasteiger partial charge in [-0.25, -0.2) is 8.42 Å². The molecule has 35 heavy (non-hydrogen) atoms. The van der Waals surface area contributed by atoms with Gasteiger partial charge < -0.3 is 15.0 Å². The van der Waals surface area contributed by atoms with E-state index in [4.69, 9.17) is 4.74 Å². The molecule has 1 N–H and O–H groups in total. The minimum absolute atomic E-state index is 0.0246. The molecule has 0 aromatic heterocycles. The second-order valence-electron chi connectivity index (χ2n) is 10.5. The molecule has 8 heteroatoms. The standard InChI is InChI=1S/C27H36N2O5S/c1-18(2)13-14-29-23-12-9-21(16-24(23)34-17-27(5,6)26(29)31)28-25(30)15-20-7-10-22(11-8-20)35(32,33)19(3)4/h7-12,16,18-19H,13-15,17H2,1-6H3,(H,28,30). The van der Waals surface area contributed by atoms with E-state index in [0.29, 0.717) is 35.2 Å². The van der Waals surface area contributed by atoms with Crippen LogP contribution in [0.5, 0.6) is 5.75 Å². The van der Waals surface area contributed by atoms with E-state index < -0.39 is 20.5 Å². The minimum Gasteiger partial charge on any atom is -0.490 e. The highest BCUT2D eigenvalue weighted by Gasteiger charge is 2.37. The number of hydrogen-bond acceptors (Lipinski definition) is 5. The molecule has 0 saturated carbocycles. The lowest BCUT2D eigenvalue weighted by molar-refractivity contribution is -0.127. The number of amides is 2. The smallest absolute Gasteiger partial charge is 0.236 e. The van der Waals surface area contributed by atoms with Gasteiger partial charge >= 0.3 is 0 Å². The zero-order chi connectivity index (χ0) is 26.0. The summed E-state index contributed by atoms with van der Waals surface area (Å²) in [4.78, 5) is 27.9. The third-order valence-corrected chi connectivity index (χ3v) is 8.28. The Morgan fingerprint density at radius 3 is 2.34 bits per heavy atom. The number of hydrogen-bond donors (Lipinski definition) is 1. The predicted molar refractivity (Wildman–Crippen MR) is 139 cm³/mol. The van der Waals surface area contributed by atoms with Crippen molar-refractivity contribution in [3.8, 4) is 5.75 Å². The first-order valence-electron chi connectivity index (χ1n) is 12.0. The van der Waals surface area contributed by atoms with Crippen molar-refractivity contribution in [3.05, 3.63) is 48.0 Å². The maximum absolute atomic E-state index is 13.2. The van der Waals surface area contributed by atoms with Crippen LogP contribution in [-0.2, 0) is 25.8 Å². The van der Waals surface area contributed by atoms with Gasteiger partial charge in [0.2, 0.25) is 11.8 Å². The first-order chi connectivity index (χ1) is 16.3. The third kappa shape index (κ3) is 6.23. The van der Waals surface area contributed by atoms with Crippen LogP contribution < -0.4 is 15.0 Å². The van der Waals surface area contributed by atoms with E-state index in [2.05, 4.69) is 19.2 Å². The SMILES string of the molecule is CC(C)CCN1C(=O)C(C)(C)COc2cc(NC(=O)Cc3ccc(S(=O)(=O)C(C)C)cc3)ccc21. The first kappa shape index (κ1) is 26.7. The van der Waals surface area contributed by atoms with E-state index in [0.717, 1.165) is 6.42 Å². The topological polar surface area (TPSA) is 92.8 Å². The highest BCUT2D eigenvalue weighted by molar-refractivity contribution is 7.92. The molecule has 0 bridgehead atoms. The molecule has 3 rings (SSSR count). The van der Waals surface area contributed by atoms with Gasteiger partial charge in [-0.1, -0.05) is 26.0 Å². The van der Waals surface area contributed by atoms with Gasteiger partial charge in [0.05, 0.1) is 27.7 Å². The summed E-state index contributed by atoms with van der Waals surface area (Å²) in [6.07, 6.45) is 0.975. The van der Waals surface area contributed by atoms with Crippen LogP contribution in [0, 0.1) is 11.3 Å². The lowest BCUT2D eigenvalue weighted by Crippen LogP contribution is -2.42. The van der Waals surface area contributed by atoms with Crippen molar-refractivity contribution in [1.29, 1.82) is 0 Å². The molecule has 1 aliphatic rings. The van der Waals surface area contributed by atoms with Gasteiger partial charge in [-0.15, -0.1) is 0 Å². The quantitative estimate of drug-likeness (QED) is 0.559. The highest BCUT2D eigenvalue weighted by Crippen LogP contribution is 2.38. The molecule has 2 aromatic rings. The van der Waals surface area contributed by atoms with E-state index in [1.807, 2.05) is 19.9 Å². The van der Waals surface area contributed by atoms with Crippen LogP contribution in [0.2, 0.25) is 0 Å². The molecule has 1 heterocycles. The summed E-state index contributed by atoms with van der Waals surface area (Å²) in [6.45, 7) is 12.1. The van der Waals surface area contributed by atoms with Crippen LogP contribution in [0.3, 0.4) is 0 Å². The van der Waals surface area contributed by atoms with Crippen LogP contribution in [0.4, 0.5) is 11.4 Å². The number of carbonyl (C=O) groups is 2. The summed E-state index contributed by atoms with van der Waals surface area (Å²) in [6, 6.07) is 11.7. The average molecular weight is 501 g/mol. The molecule has 1 aliphatic heterocycles.